The van der Waals surface area contributed by atoms with Crippen molar-refractivity contribution in [3.05, 3.63) is 64.2 Å². The van der Waals surface area contributed by atoms with Gasteiger partial charge in [-0.2, -0.15) is 0 Å². The summed E-state index contributed by atoms with van der Waals surface area (Å²) >= 11 is 0. The van der Waals surface area contributed by atoms with Gasteiger partial charge in [-0.15, -0.1) is 0 Å². The number of carbonyl (C=O) groups excluding carboxylic acids is 2. The van der Waals surface area contributed by atoms with Crippen molar-refractivity contribution in [3.63, 3.8) is 0 Å². The van der Waals surface area contributed by atoms with Crippen LogP contribution in [0.2, 0.25) is 0 Å². The van der Waals surface area contributed by atoms with Gasteiger partial charge in [-0.05, 0) is 43.4 Å². The lowest BCUT2D eigenvalue weighted by molar-refractivity contribution is -0.385. The van der Waals surface area contributed by atoms with Crippen LogP contribution in [0.1, 0.15) is 36.5 Å². The van der Waals surface area contributed by atoms with Crippen LogP contribution in [0.4, 0.5) is 11.4 Å². The molecule has 176 valence electrons. The SMILES string of the molecule is CCCN(CC1CC1)C(=O)COC(=O)c1ccccc1NS(=O)(=O)c1cccc([N+](=O)[O-])c1. The first kappa shape index (κ1) is 24.2. The maximum Gasteiger partial charge on any atom is 0.340 e. The number of nitrogens with one attached hydrogen (secondary N) is 1. The molecule has 0 unspecified atom stereocenters. The predicted molar refractivity (Wildman–Crippen MR) is 120 cm³/mol. The second-order valence-electron chi connectivity index (χ2n) is 7.76. The number of hydrogen-bond acceptors (Lipinski definition) is 7. The Morgan fingerprint density at radius 1 is 1.18 bits per heavy atom. The molecule has 2 aromatic carbocycles. The molecule has 0 bridgehead atoms. The Kier molecular flexibility index (Phi) is 7.64. The third-order valence-corrected chi connectivity index (χ3v) is 6.44. The lowest BCUT2D eigenvalue weighted by atomic mass is 10.2. The second-order valence-corrected chi connectivity index (χ2v) is 9.45. The first-order valence-corrected chi connectivity index (χ1v) is 12.0. The Labute approximate surface area is 191 Å². The van der Waals surface area contributed by atoms with Gasteiger partial charge in [0.05, 0.1) is 21.1 Å². The van der Waals surface area contributed by atoms with Gasteiger partial charge in [0.2, 0.25) is 0 Å². The smallest absolute Gasteiger partial charge is 0.340 e. The molecule has 0 aromatic heterocycles. The van der Waals surface area contributed by atoms with Crippen molar-refractivity contribution in [3.8, 4) is 0 Å². The standard InChI is InChI=1S/C22H25N3O7S/c1-2-12-24(14-16-10-11-16)21(26)15-32-22(27)19-8-3-4-9-20(19)23-33(30,31)18-7-5-6-17(13-18)25(28)29/h3-9,13,16,23H,2,10-12,14-15H2,1H3. The molecule has 0 atom stereocenters. The summed E-state index contributed by atoms with van der Waals surface area (Å²) in [7, 11) is -4.22. The fraction of sp³-hybridized carbons (Fsp3) is 0.364. The lowest BCUT2D eigenvalue weighted by Crippen LogP contribution is -2.36. The van der Waals surface area contributed by atoms with Crippen LogP contribution < -0.4 is 4.72 Å². The molecule has 11 heteroatoms. The summed E-state index contributed by atoms with van der Waals surface area (Å²) in [5.41, 5.74) is -0.527. The van der Waals surface area contributed by atoms with Crippen LogP contribution in [0.25, 0.3) is 0 Å². The first-order chi connectivity index (χ1) is 15.7. The zero-order valence-electron chi connectivity index (χ0n) is 18.1. The van der Waals surface area contributed by atoms with E-state index < -0.39 is 27.5 Å². The van der Waals surface area contributed by atoms with E-state index in [1.165, 1.54) is 42.5 Å². The molecule has 1 saturated carbocycles. The summed E-state index contributed by atoms with van der Waals surface area (Å²) in [5.74, 6) is -0.657. The second kappa shape index (κ2) is 10.4. The first-order valence-electron chi connectivity index (χ1n) is 10.5. The average molecular weight is 476 g/mol. The Morgan fingerprint density at radius 2 is 1.91 bits per heavy atom. The number of amides is 1. The average Bonchev–Trinajstić information content (AvgIpc) is 3.61. The van der Waals surface area contributed by atoms with Crippen LogP contribution in [0, 0.1) is 16.0 Å². The molecule has 0 radical (unpaired) electrons. The van der Waals surface area contributed by atoms with Crippen LogP contribution in [0.15, 0.2) is 53.4 Å². The van der Waals surface area contributed by atoms with Gasteiger partial charge in [0.25, 0.3) is 21.6 Å². The fourth-order valence-electron chi connectivity index (χ4n) is 3.21. The molecule has 1 aliphatic carbocycles. The van der Waals surface area contributed by atoms with E-state index >= 15 is 0 Å². The van der Waals surface area contributed by atoms with Crippen molar-refractivity contribution in [1.82, 2.24) is 4.90 Å². The topological polar surface area (TPSA) is 136 Å². The number of hydrogen-bond donors (Lipinski definition) is 1. The van der Waals surface area contributed by atoms with Gasteiger partial charge in [-0.3, -0.25) is 19.6 Å². The Hall–Kier alpha value is -3.47. The number of nitro groups is 1. The third-order valence-electron chi connectivity index (χ3n) is 5.08. The van der Waals surface area contributed by atoms with Crippen LogP contribution in [-0.2, 0) is 19.6 Å². The fourth-order valence-corrected chi connectivity index (χ4v) is 4.33. The predicted octanol–water partition coefficient (Wildman–Crippen LogP) is 3.20. The van der Waals surface area contributed by atoms with Gasteiger partial charge in [0.15, 0.2) is 6.61 Å². The Morgan fingerprint density at radius 3 is 2.58 bits per heavy atom. The Balaban J connectivity index is 1.71. The Bertz CT molecular complexity index is 1150. The number of para-hydroxylation sites is 1. The number of esters is 1. The number of carbonyl (C=O) groups is 2. The van der Waals surface area contributed by atoms with Gasteiger partial charge in [0, 0.05) is 25.2 Å². The minimum atomic E-state index is -4.22. The summed E-state index contributed by atoms with van der Waals surface area (Å²) in [6.07, 6.45) is 2.96. The minimum absolute atomic E-state index is 0.0650. The summed E-state index contributed by atoms with van der Waals surface area (Å²) in [6, 6.07) is 10.3. The largest absolute Gasteiger partial charge is 0.452 e. The molecule has 10 nitrogen and oxygen atoms in total. The highest BCUT2D eigenvalue weighted by Crippen LogP contribution is 2.30. The third kappa shape index (κ3) is 6.51. The van der Waals surface area contributed by atoms with Crippen molar-refractivity contribution < 1.29 is 27.7 Å². The quantitative estimate of drug-likeness (QED) is 0.299. The number of rotatable bonds is 11. The zero-order chi connectivity index (χ0) is 24.0. The van der Waals surface area contributed by atoms with E-state index in [1.54, 1.807) is 4.90 Å². The number of sulfonamides is 1. The molecule has 0 saturated heterocycles. The molecule has 0 aliphatic heterocycles. The number of nitro benzene ring substituents is 1. The van der Waals surface area contributed by atoms with Crippen molar-refractivity contribution in [2.45, 2.75) is 31.1 Å². The number of nitrogens with zero attached hydrogens (tertiary/aromatic N) is 2. The van der Waals surface area contributed by atoms with Gasteiger partial charge in [-0.1, -0.05) is 25.1 Å². The summed E-state index contributed by atoms with van der Waals surface area (Å²) in [6.45, 7) is 2.73. The van der Waals surface area contributed by atoms with Crippen molar-refractivity contribution in [2.75, 3.05) is 24.4 Å². The normalized spacial score (nSPS) is 13.2. The summed E-state index contributed by atoms with van der Waals surface area (Å²) in [4.78, 5) is 36.7. The molecule has 1 fully saturated rings. The number of benzene rings is 2. The highest BCUT2D eigenvalue weighted by atomic mass is 32.2. The molecule has 1 aliphatic rings. The maximum atomic E-state index is 12.7. The van der Waals surface area contributed by atoms with Crippen molar-refractivity contribution >= 4 is 33.3 Å². The minimum Gasteiger partial charge on any atom is -0.452 e. The van der Waals surface area contributed by atoms with Gasteiger partial charge in [-0.25, -0.2) is 13.2 Å². The van der Waals surface area contributed by atoms with Crippen molar-refractivity contribution in [1.29, 1.82) is 0 Å². The van der Waals surface area contributed by atoms with E-state index in [0.717, 1.165) is 25.3 Å². The highest BCUT2D eigenvalue weighted by molar-refractivity contribution is 7.92. The van der Waals surface area contributed by atoms with E-state index in [1.807, 2.05) is 6.92 Å². The van der Waals surface area contributed by atoms with Crippen molar-refractivity contribution in [2.24, 2.45) is 5.92 Å². The maximum absolute atomic E-state index is 12.7. The van der Waals surface area contributed by atoms with Crippen LogP contribution in [0.5, 0.6) is 0 Å². The zero-order valence-corrected chi connectivity index (χ0v) is 18.9. The van der Waals surface area contributed by atoms with E-state index in [-0.39, 0.29) is 27.7 Å². The molecular formula is C22H25N3O7S. The van der Waals surface area contributed by atoms with Gasteiger partial charge >= 0.3 is 5.97 Å². The van der Waals surface area contributed by atoms with Gasteiger partial charge < -0.3 is 9.64 Å². The monoisotopic (exact) mass is 475 g/mol. The number of ether oxygens (including phenoxy) is 1. The molecule has 0 heterocycles. The molecule has 0 spiro atoms. The van der Waals surface area contributed by atoms with E-state index in [9.17, 15) is 28.1 Å². The van der Waals surface area contributed by atoms with E-state index in [4.69, 9.17) is 4.74 Å². The summed E-state index contributed by atoms with van der Waals surface area (Å²) in [5, 5.41) is 11.0. The van der Waals surface area contributed by atoms with Crippen LogP contribution in [0.3, 0.4) is 0 Å². The molecular weight excluding hydrogens is 450 g/mol. The number of anilines is 1. The van der Waals surface area contributed by atoms with Gasteiger partial charge in [0.1, 0.15) is 0 Å². The lowest BCUT2D eigenvalue weighted by Gasteiger charge is -2.22. The molecule has 33 heavy (non-hydrogen) atoms. The number of non-ortho nitro benzene ring substituents is 1. The molecule has 2 aromatic rings. The van der Waals surface area contributed by atoms with Crippen LogP contribution in [-0.4, -0.2) is 49.8 Å². The molecule has 1 amide bonds. The summed E-state index contributed by atoms with van der Waals surface area (Å²) < 4.78 is 32.9. The van der Waals surface area contributed by atoms with E-state index in [0.29, 0.717) is 19.0 Å². The van der Waals surface area contributed by atoms with Crippen LogP contribution >= 0.6 is 0 Å². The molecule has 3 rings (SSSR count). The van der Waals surface area contributed by atoms with E-state index in [2.05, 4.69) is 4.72 Å². The highest BCUT2D eigenvalue weighted by Gasteiger charge is 2.27. The molecule has 1 N–H and O–H groups in total.